The molecule has 2 rings (SSSR count). The third-order valence-corrected chi connectivity index (χ3v) is 1.75. The molecule has 0 aliphatic rings. The highest BCUT2D eigenvalue weighted by Crippen LogP contribution is 2.20. The van der Waals surface area contributed by atoms with Crippen molar-refractivity contribution in [3.05, 3.63) is 48.8 Å². The molecule has 0 radical (unpaired) electrons. The summed E-state index contributed by atoms with van der Waals surface area (Å²) < 4.78 is 5.52. The van der Waals surface area contributed by atoms with Crippen LogP contribution in [0.25, 0.3) is 0 Å². The maximum Gasteiger partial charge on any atom is 0.145 e. The molecule has 0 aliphatic carbocycles. The number of benzene rings is 1. The fraction of sp³-hybridized carbons (Fsp3) is 0. The van der Waals surface area contributed by atoms with Gasteiger partial charge >= 0.3 is 0 Å². The standard InChI is InChI=1S/C11H10N2O/c12-9-3-5-10(6-4-9)14-11-2-1-7-13-8-11/h1-8H,12H2. The van der Waals surface area contributed by atoms with Gasteiger partial charge in [0.2, 0.25) is 0 Å². The largest absolute Gasteiger partial charge is 0.456 e. The molecule has 3 heteroatoms. The van der Waals surface area contributed by atoms with Crippen LogP contribution in [0.3, 0.4) is 0 Å². The minimum absolute atomic E-state index is 0.720. The molecule has 1 heterocycles. The lowest BCUT2D eigenvalue weighted by Gasteiger charge is -2.04. The summed E-state index contributed by atoms with van der Waals surface area (Å²) >= 11 is 0. The lowest BCUT2D eigenvalue weighted by molar-refractivity contribution is 0.480. The molecule has 2 N–H and O–H groups in total. The molecule has 0 spiro atoms. The van der Waals surface area contributed by atoms with Gasteiger partial charge in [0.1, 0.15) is 11.5 Å². The van der Waals surface area contributed by atoms with Crippen molar-refractivity contribution in [1.29, 1.82) is 0 Å². The molecule has 0 saturated carbocycles. The van der Waals surface area contributed by atoms with Crippen molar-refractivity contribution in [2.24, 2.45) is 0 Å². The van der Waals surface area contributed by atoms with E-state index in [4.69, 9.17) is 10.5 Å². The van der Waals surface area contributed by atoms with Crippen LogP contribution in [0, 0.1) is 0 Å². The number of nitrogen functional groups attached to an aromatic ring is 1. The first-order valence-corrected chi connectivity index (χ1v) is 4.28. The minimum atomic E-state index is 0.720. The van der Waals surface area contributed by atoms with Crippen LogP contribution in [0.15, 0.2) is 48.8 Å². The van der Waals surface area contributed by atoms with Crippen LogP contribution in [0.4, 0.5) is 5.69 Å². The second-order valence-electron chi connectivity index (χ2n) is 2.86. The summed E-state index contributed by atoms with van der Waals surface area (Å²) in [6, 6.07) is 10.9. The Balaban J connectivity index is 2.16. The number of anilines is 1. The van der Waals surface area contributed by atoms with Crippen LogP contribution in [0.2, 0.25) is 0 Å². The zero-order valence-corrected chi connectivity index (χ0v) is 7.55. The van der Waals surface area contributed by atoms with E-state index in [2.05, 4.69) is 4.98 Å². The summed E-state index contributed by atoms with van der Waals surface area (Å²) in [5.74, 6) is 1.48. The third-order valence-electron chi connectivity index (χ3n) is 1.75. The van der Waals surface area contributed by atoms with Crippen molar-refractivity contribution < 1.29 is 4.74 Å². The summed E-state index contributed by atoms with van der Waals surface area (Å²) in [5.41, 5.74) is 6.28. The SMILES string of the molecule is Nc1ccc(Oc2cccnc2)cc1. The number of rotatable bonds is 2. The van der Waals surface area contributed by atoms with Crippen LogP contribution in [0.5, 0.6) is 11.5 Å². The Morgan fingerprint density at radius 2 is 1.79 bits per heavy atom. The first-order chi connectivity index (χ1) is 6.84. The van der Waals surface area contributed by atoms with Crippen LogP contribution in [0.1, 0.15) is 0 Å². The second-order valence-corrected chi connectivity index (χ2v) is 2.86. The fourth-order valence-corrected chi connectivity index (χ4v) is 1.08. The Morgan fingerprint density at radius 3 is 2.43 bits per heavy atom. The second kappa shape index (κ2) is 3.79. The van der Waals surface area contributed by atoms with Gasteiger partial charge in [0.05, 0.1) is 6.20 Å². The molecule has 1 aromatic heterocycles. The molecule has 3 nitrogen and oxygen atoms in total. The molecular weight excluding hydrogens is 176 g/mol. The molecule has 0 bridgehead atoms. The summed E-state index contributed by atoms with van der Waals surface area (Å²) in [7, 11) is 0. The number of aromatic nitrogens is 1. The first-order valence-electron chi connectivity index (χ1n) is 4.28. The van der Waals surface area contributed by atoms with E-state index < -0.39 is 0 Å². The zero-order valence-electron chi connectivity index (χ0n) is 7.55. The Hall–Kier alpha value is -2.03. The molecule has 0 atom stereocenters. The average Bonchev–Trinajstić information content (AvgIpc) is 2.23. The lowest BCUT2D eigenvalue weighted by Crippen LogP contribution is -1.86. The number of nitrogens with zero attached hydrogens (tertiary/aromatic N) is 1. The Kier molecular flexibility index (Phi) is 2.32. The van der Waals surface area contributed by atoms with Crippen LogP contribution in [-0.2, 0) is 0 Å². The number of hydrogen-bond acceptors (Lipinski definition) is 3. The predicted molar refractivity (Wildman–Crippen MR) is 55.2 cm³/mol. The van der Waals surface area contributed by atoms with Crippen LogP contribution in [-0.4, -0.2) is 4.98 Å². The molecular formula is C11H10N2O. The van der Waals surface area contributed by atoms with Gasteiger partial charge in [-0.15, -0.1) is 0 Å². The van der Waals surface area contributed by atoms with E-state index in [0.29, 0.717) is 0 Å². The Labute approximate surface area is 82.2 Å². The summed E-state index contributed by atoms with van der Waals surface area (Å²) in [6.45, 7) is 0. The van der Waals surface area contributed by atoms with Crippen molar-refractivity contribution in [3.8, 4) is 11.5 Å². The van der Waals surface area contributed by atoms with Gasteiger partial charge in [0.25, 0.3) is 0 Å². The van der Waals surface area contributed by atoms with E-state index in [1.54, 1.807) is 24.5 Å². The molecule has 0 unspecified atom stereocenters. The van der Waals surface area contributed by atoms with Gasteiger partial charge < -0.3 is 10.5 Å². The van der Waals surface area contributed by atoms with Gasteiger partial charge in [-0.3, -0.25) is 4.98 Å². The Morgan fingerprint density at radius 1 is 1.00 bits per heavy atom. The van der Waals surface area contributed by atoms with Gasteiger partial charge in [0, 0.05) is 11.9 Å². The highest BCUT2D eigenvalue weighted by atomic mass is 16.5. The van der Waals surface area contributed by atoms with Crippen molar-refractivity contribution in [2.45, 2.75) is 0 Å². The van der Waals surface area contributed by atoms with E-state index in [1.807, 2.05) is 24.3 Å². The van der Waals surface area contributed by atoms with Gasteiger partial charge in [-0.1, -0.05) is 0 Å². The molecule has 0 saturated heterocycles. The van der Waals surface area contributed by atoms with E-state index in [1.165, 1.54) is 0 Å². The topological polar surface area (TPSA) is 48.1 Å². The van der Waals surface area contributed by atoms with Gasteiger partial charge in [0.15, 0.2) is 0 Å². The van der Waals surface area contributed by atoms with E-state index in [0.717, 1.165) is 17.2 Å². The number of nitrogens with two attached hydrogens (primary N) is 1. The summed E-state index contributed by atoms with van der Waals surface area (Å²) in [4.78, 5) is 3.95. The molecule has 70 valence electrons. The maximum atomic E-state index is 5.55. The number of ether oxygens (including phenoxy) is 1. The fourth-order valence-electron chi connectivity index (χ4n) is 1.08. The summed E-state index contributed by atoms with van der Waals surface area (Å²) in [6.07, 6.45) is 3.37. The zero-order chi connectivity index (χ0) is 9.80. The van der Waals surface area contributed by atoms with Crippen LogP contribution >= 0.6 is 0 Å². The van der Waals surface area contributed by atoms with Gasteiger partial charge in [-0.2, -0.15) is 0 Å². The van der Waals surface area contributed by atoms with E-state index in [-0.39, 0.29) is 0 Å². The first kappa shape index (κ1) is 8.56. The number of hydrogen-bond donors (Lipinski definition) is 1. The number of pyridine rings is 1. The van der Waals surface area contributed by atoms with E-state index >= 15 is 0 Å². The van der Waals surface area contributed by atoms with Crippen molar-refractivity contribution >= 4 is 5.69 Å². The normalized spacial score (nSPS) is 9.71. The molecule has 0 aliphatic heterocycles. The maximum absolute atomic E-state index is 5.55. The molecule has 0 amide bonds. The molecule has 1 aromatic carbocycles. The Bertz CT molecular complexity index is 397. The minimum Gasteiger partial charge on any atom is -0.456 e. The van der Waals surface area contributed by atoms with Crippen molar-refractivity contribution in [3.63, 3.8) is 0 Å². The molecule has 0 fully saturated rings. The van der Waals surface area contributed by atoms with Gasteiger partial charge in [-0.05, 0) is 36.4 Å². The monoisotopic (exact) mass is 186 g/mol. The van der Waals surface area contributed by atoms with Gasteiger partial charge in [-0.25, -0.2) is 0 Å². The molecule has 14 heavy (non-hydrogen) atoms. The quantitative estimate of drug-likeness (QED) is 0.733. The van der Waals surface area contributed by atoms with Crippen LogP contribution < -0.4 is 10.5 Å². The smallest absolute Gasteiger partial charge is 0.145 e. The van der Waals surface area contributed by atoms with Crippen molar-refractivity contribution in [2.75, 3.05) is 5.73 Å². The predicted octanol–water partition coefficient (Wildman–Crippen LogP) is 2.46. The summed E-state index contributed by atoms with van der Waals surface area (Å²) in [5, 5.41) is 0. The van der Waals surface area contributed by atoms with Crippen molar-refractivity contribution in [1.82, 2.24) is 4.98 Å². The molecule has 2 aromatic rings. The highest BCUT2D eigenvalue weighted by molar-refractivity contribution is 5.42. The third kappa shape index (κ3) is 2.01. The van der Waals surface area contributed by atoms with E-state index in [9.17, 15) is 0 Å². The average molecular weight is 186 g/mol. The highest BCUT2D eigenvalue weighted by Gasteiger charge is 1.95. The lowest BCUT2D eigenvalue weighted by atomic mass is 10.3.